The summed E-state index contributed by atoms with van der Waals surface area (Å²) in [4.78, 5) is 29.7. The largest absolute Gasteiger partial charge is 0.387 e. The third-order valence-electron chi connectivity index (χ3n) is 4.20. The Kier molecular flexibility index (Phi) is 4.95. The molecule has 1 aliphatic rings. The summed E-state index contributed by atoms with van der Waals surface area (Å²) >= 11 is 0. The highest BCUT2D eigenvalue weighted by molar-refractivity contribution is 6.39. The first-order valence-electron chi connectivity index (χ1n) is 8.06. The average molecular weight is 340 g/mol. The molecule has 1 atom stereocenters. The third-order valence-corrected chi connectivity index (χ3v) is 4.20. The van der Waals surface area contributed by atoms with Gasteiger partial charge < -0.3 is 20.6 Å². The zero-order valence-electron chi connectivity index (χ0n) is 13.9. The van der Waals surface area contributed by atoms with Crippen molar-refractivity contribution in [2.24, 2.45) is 0 Å². The smallest absolute Gasteiger partial charge is 0.313 e. The van der Waals surface area contributed by atoms with Gasteiger partial charge in [-0.15, -0.1) is 0 Å². The minimum absolute atomic E-state index is 0.0338. The highest BCUT2D eigenvalue weighted by Gasteiger charge is 2.19. The van der Waals surface area contributed by atoms with E-state index in [1.807, 2.05) is 25.2 Å². The Hall–Kier alpha value is -2.93. The third kappa shape index (κ3) is 3.95. The van der Waals surface area contributed by atoms with Crippen molar-refractivity contribution in [2.75, 3.05) is 30.4 Å². The number of benzene rings is 1. The van der Waals surface area contributed by atoms with Crippen molar-refractivity contribution in [3.63, 3.8) is 0 Å². The molecular weight excluding hydrogens is 320 g/mol. The first kappa shape index (κ1) is 16.9. The summed E-state index contributed by atoms with van der Waals surface area (Å²) in [6.07, 6.45) is 3.08. The Morgan fingerprint density at radius 1 is 1.32 bits per heavy atom. The summed E-state index contributed by atoms with van der Waals surface area (Å²) in [5.41, 5.74) is 3.50. The standard InChI is InChI=1S/C18H20N4O3/c1-22-8-6-12-9-13(4-5-15(12)22)16(23)11-20-17(24)18(25)21-14-3-2-7-19-10-14/h2-5,7,9-10,16,23H,6,8,11H2,1H3,(H,20,24)(H,21,25)/t16-/m1/s1. The fraction of sp³-hybridized carbons (Fsp3) is 0.278. The van der Waals surface area contributed by atoms with Gasteiger partial charge in [-0.05, 0) is 35.7 Å². The summed E-state index contributed by atoms with van der Waals surface area (Å²) in [6.45, 7) is 0.925. The van der Waals surface area contributed by atoms with E-state index >= 15 is 0 Å². The molecule has 0 fully saturated rings. The van der Waals surface area contributed by atoms with Crippen LogP contribution >= 0.6 is 0 Å². The summed E-state index contributed by atoms with van der Waals surface area (Å²) in [5, 5.41) is 15.2. The second-order valence-electron chi connectivity index (χ2n) is 5.98. The van der Waals surface area contributed by atoms with Gasteiger partial charge in [0.1, 0.15) is 0 Å². The number of carbonyl (C=O) groups excluding carboxylic acids is 2. The SMILES string of the molecule is CN1CCc2cc([C@H](O)CNC(=O)C(=O)Nc3cccnc3)ccc21. The fourth-order valence-electron chi connectivity index (χ4n) is 2.81. The van der Waals surface area contributed by atoms with Crippen LogP contribution in [0, 0.1) is 0 Å². The topological polar surface area (TPSA) is 94.6 Å². The van der Waals surface area contributed by atoms with Crippen LogP contribution in [0.4, 0.5) is 11.4 Å². The van der Waals surface area contributed by atoms with Crippen molar-refractivity contribution in [2.45, 2.75) is 12.5 Å². The molecule has 3 N–H and O–H groups in total. The number of fused-ring (bicyclic) bond motifs is 1. The van der Waals surface area contributed by atoms with Crippen molar-refractivity contribution in [3.05, 3.63) is 53.9 Å². The van der Waals surface area contributed by atoms with E-state index in [2.05, 4.69) is 20.5 Å². The zero-order valence-corrected chi connectivity index (χ0v) is 13.9. The fourth-order valence-corrected chi connectivity index (χ4v) is 2.81. The first-order chi connectivity index (χ1) is 12.0. The summed E-state index contributed by atoms with van der Waals surface area (Å²) in [5.74, 6) is -1.60. The molecule has 7 nitrogen and oxygen atoms in total. The van der Waals surface area contributed by atoms with Gasteiger partial charge in [0.05, 0.1) is 18.0 Å². The highest BCUT2D eigenvalue weighted by atomic mass is 16.3. The van der Waals surface area contributed by atoms with Gasteiger partial charge in [0.15, 0.2) is 0 Å². The Morgan fingerprint density at radius 2 is 2.16 bits per heavy atom. The van der Waals surface area contributed by atoms with Crippen molar-refractivity contribution >= 4 is 23.2 Å². The molecule has 0 saturated heterocycles. The van der Waals surface area contributed by atoms with Gasteiger partial charge in [-0.1, -0.05) is 12.1 Å². The molecule has 25 heavy (non-hydrogen) atoms. The number of likely N-dealkylation sites (N-methyl/N-ethyl adjacent to an activating group) is 1. The molecule has 7 heteroatoms. The van der Waals surface area contributed by atoms with E-state index in [0.29, 0.717) is 5.69 Å². The van der Waals surface area contributed by atoms with Crippen LogP contribution in [-0.2, 0) is 16.0 Å². The minimum Gasteiger partial charge on any atom is -0.387 e. The number of amides is 2. The predicted molar refractivity (Wildman–Crippen MR) is 94.3 cm³/mol. The second-order valence-corrected chi connectivity index (χ2v) is 5.98. The van der Waals surface area contributed by atoms with Gasteiger partial charge in [0.2, 0.25) is 0 Å². The normalized spacial score (nSPS) is 13.9. The van der Waals surface area contributed by atoms with Gasteiger partial charge >= 0.3 is 11.8 Å². The molecule has 0 saturated carbocycles. The molecule has 130 valence electrons. The quantitative estimate of drug-likeness (QED) is 0.718. The Bertz CT molecular complexity index is 779. The lowest BCUT2D eigenvalue weighted by Crippen LogP contribution is -2.37. The summed E-state index contributed by atoms with van der Waals surface area (Å²) in [6, 6.07) is 9.05. The number of aromatic nitrogens is 1. The second kappa shape index (κ2) is 7.31. The number of aliphatic hydroxyl groups is 1. The Balaban J connectivity index is 1.54. The van der Waals surface area contributed by atoms with Gasteiger partial charge in [-0.2, -0.15) is 0 Å². The maximum atomic E-state index is 11.9. The number of nitrogens with one attached hydrogen (secondary N) is 2. The predicted octanol–water partition coefficient (Wildman–Crippen LogP) is 0.862. The number of anilines is 2. The molecule has 0 aliphatic carbocycles. The number of aliphatic hydroxyl groups excluding tert-OH is 1. The van der Waals surface area contributed by atoms with Crippen LogP contribution in [0.5, 0.6) is 0 Å². The van der Waals surface area contributed by atoms with Crippen LogP contribution in [-0.4, -0.2) is 42.0 Å². The van der Waals surface area contributed by atoms with E-state index in [1.54, 1.807) is 18.3 Å². The van der Waals surface area contributed by atoms with E-state index in [-0.39, 0.29) is 6.54 Å². The van der Waals surface area contributed by atoms with Crippen molar-refractivity contribution < 1.29 is 14.7 Å². The molecule has 1 aromatic heterocycles. The van der Waals surface area contributed by atoms with Gasteiger partial charge in [0, 0.05) is 32.0 Å². The Labute approximate surface area is 145 Å². The van der Waals surface area contributed by atoms with Crippen molar-refractivity contribution in [1.82, 2.24) is 10.3 Å². The zero-order chi connectivity index (χ0) is 17.8. The minimum atomic E-state index is -0.869. The van der Waals surface area contributed by atoms with Crippen LogP contribution in [0.25, 0.3) is 0 Å². The molecule has 0 bridgehead atoms. The maximum Gasteiger partial charge on any atom is 0.313 e. The molecule has 3 rings (SSSR count). The van der Waals surface area contributed by atoms with Gasteiger partial charge in [-0.25, -0.2) is 0 Å². The van der Waals surface area contributed by atoms with E-state index in [9.17, 15) is 14.7 Å². The molecule has 1 aromatic carbocycles. The summed E-state index contributed by atoms with van der Waals surface area (Å²) < 4.78 is 0. The number of carbonyl (C=O) groups is 2. The van der Waals surface area contributed by atoms with Crippen LogP contribution in [0.3, 0.4) is 0 Å². The first-order valence-corrected chi connectivity index (χ1v) is 8.06. The van der Waals surface area contributed by atoms with E-state index in [1.165, 1.54) is 11.8 Å². The molecule has 2 heterocycles. The highest BCUT2D eigenvalue weighted by Crippen LogP contribution is 2.29. The van der Waals surface area contributed by atoms with Crippen molar-refractivity contribution in [3.8, 4) is 0 Å². The number of pyridine rings is 1. The van der Waals surface area contributed by atoms with Crippen LogP contribution in [0.15, 0.2) is 42.7 Å². The lowest BCUT2D eigenvalue weighted by atomic mass is 10.0. The lowest BCUT2D eigenvalue weighted by molar-refractivity contribution is -0.136. The van der Waals surface area contributed by atoms with Gasteiger partial charge in [-0.3, -0.25) is 14.6 Å². The van der Waals surface area contributed by atoms with E-state index in [0.717, 1.165) is 24.2 Å². The Morgan fingerprint density at radius 3 is 2.92 bits per heavy atom. The van der Waals surface area contributed by atoms with Gasteiger partial charge in [0.25, 0.3) is 0 Å². The molecular formula is C18H20N4O3. The van der Waals surface area contributed by atoms with Crippen LogP contribution in [0.2, 0.25) is 0 Å². The van der Waals surface area contributed by atoms with E-state index < -0.39 is 17.9 Å². The number of hydrogen-bond acceptors (Lipinski definition) is 5. The van der Waals surface area contributed by atoms with Crippen LogP contribution < -0.4 is 15.5 Å². The average Bonchev–Trinajstić information content (AvgIpc) is 3.00. The number of rotatable bonds is 4. The maximum absolute atomic E-state index is 11.9. The number of hydrogen-bond donors (Lipinski definition) is 3. The molecule has 2 amide bonds. The van der Waals surface area contributed by atoms with E-state index in [4.69, 9.17) is 0 Å². The molecule has 0 spiro atoms. The number of nitrogens with zero attached hydrogens (tertiary/aromatic N) is 2. The molecule has 1 aliphatic heterocycles. The lowest BCUT2D eigenvalue weighted by Gasteiger charge is -2.15. The molecule has 0 unspecified atom stereocenters. The van der Waals surface area contributed by atoms with Crippen LogP contribution in [0.1, 0.15) is 17.2 Å². The molecule has 0 radical (unpaired) electrons. The van der Waals surface area contributed by atoms with Crippen molar-refractivity contribution in [1.29, 1.82) is 0 Å². The summed E-state index contributed by atoms with van der Waals surface area (Å²) in [7, 11) is 2.03. The monoisotopic (exact) mass is 340 g/mol. The molecule has 2 aromatic rings.